The summed E-state index contributed by atoms with van der Waals surface area (Å²) in [5.74, 6) is -1.54. The first-order chi connectivity index (χ1) is 9.06. The van der Waals surface area contributed by atoms with Crippen molar-refractivity contribution in [1.82, 2.24) is 9.78 Å². The highest BCUT2D eigenvalue weighted by atomic mass is 19.1. The summed E-state index contributed by atoms with van der Waals surface area (Å²) < 4.78 is 14.0. The fourth-order valence-corrected chi connectivity index (χ4v) is 1.65. The van der Waals surface area contributed by atoms with Gasteiger partial charge in [-0.2, -0.15) is 5.10 Å². The van der Waals surface area contributed by atoms with Gasteiger partial charge < -0.3 is 5.11 Å². The van der Waals surface area contributed by atoms with Gasteiger partial charge in [-0.3, -0.25) is 4.79 Å². The SMILES string of the molecule is O=C(O)c1ccc(=O)n(CCc2cccc(F)c2)n1. The van der Waals surface area contributed by atoms with E-state index >= 15 is 0 Å². The molecular weight excluding hydrogens is 251 g/mol. The smallest absolute Gasteiger partial charge is 0.356 e. The quantitative estimate of drug-likeness (QED) is 0.902. The minimum Gasteiger partial charge on any atom is -0.476 e. The molecule has 0 saturated heterocycles. The van der Waals surface area contributed by atoms with Crippen LogP contribution in [0.1, 0.15) is 16.1 Å². The van der Waals surface area contributed by atoms with Crippen LogP contribution in [0, 0.1) is 5.82 Å². The van der Waals surface area contributed by atoms with E-state index < -0.39 is 5.97 Å². The maximum atomic E-state index is 13.0. The van der Waals surface area contributed by atoms with Crippen molar-refractivity contribution in [3.8, 4) is 0 Å². The number of rotatable bonds is 4. The van der Waals surface area contributed by atoms with Crippen LogP contribution in [0.5, 0.6) is 0 Å². The molecule has 0 aliphatic heterocycles. The normalized spacial score (nSPS) is 10.4. The maximum Gasteiger partial charge on any atom is 0.356 e. The number of aromatic carboxylic acids is 1. The van der Waals surface area contributed by atoms with Gasteiger partial charge in [-0.25, -0.2) is 13.9 Å². The Hall–Kier alpha value is -2.50. The Labute approximate surface area is 107 Å². The molecule has 0 bridgehead atoms. The minimum absolute atomic E-state index is 0.196. The van der Waals surface area contributed by atoms with E-state index in [1.165, 1.54) is 12.1 Å². The molecule has 2 rings (SSSR count). The Bertz CT molecular complexity index is 667. The molecule has 6 heteroatoms. The molecule has 2 aromatic rings. The number of aryl methyl sites for hydroxylation is 2. The molecule has 0 atom stereocenters. The fourth-order valence-electron chi connectivity index (χ4n) is 1.65. The van der Waals surface area contributed by atoms with Crippen LogP contribution in [0.15, 0.2) is 41.2 Å². The lowest BCUT2D eigenvalue weighted by molar-refractivity contribution is 0.0687. The van der Waals surface area contributed by atoms with E-state index in [1.54, 1.807) is 12.1 Å². The highest BCUT2D eigenvalue weighted by Crippen LogP contribution is 2.04. The largest absolute Gasteiger partial charge is 0.476 e. The Balaban J connectivity index is 2.17. The second-order valence-corrected chi connectivity index (χ2v) is 3.97. The molecule has 1 heterocycles. The summed E-state index contributed by atoms with van der Waals surface area (Å²) in [7, 11) is 0. The average Bonchev–Trinajstić information content (AvgIpc) is 2.37. The van der Waals surface area contributed by atoms with E-state index in [9.17, 15) is 14.0 Å². The van der Waals surface area contributed by atoms with Crippen LogP contribution in [0.4, 0.5) is 4.39 Å². The molecule has 5 nitrogen and oxygen atoms in total. The van der Waals surface area contributed by atoms with Crippen molar-refractivity contribution in [3.63, 3.8) is 0 Å². The zero-order chi connectivity index (χ0) is 13.8. The molecule has 98 valence electrons. The van der Waals surface area contributed by atoms with Crippen molar-refractivity contribution < 1.29 is 14.3 Å². The number of halogens is 1. The highest BCUT2D eigenvalue weighted by Gasteiger charge is 2.07. The summed E-state index contributed by atoms with van der Waals surface area (Å²) in [5, 5.41) is 12.5. The zero-order valence-corrected chi connectivity index (χ0v) is 9.91. The Morgan fingerprint density at radius 2 is 2.11 bits per heavy atom. The molecule has 19 heavy (non-hydrogen) atoms. The summed E-state index contributed by atoms with van der Waals surface area (Å²) in [6.07, 6.45) is 0.397. The topological polar surface area (TPSA) is 72.2 Å². The first-order valence-corrected chi connectivity index (χ1v) is 5.62. The number of carboxylic acid groups (broad SMARTS) is 1. The van der Waals surface area contributed by atoms with Gasteiger partial charge in [0.05, 0.1) is 0 Å². The van der Waals surface area contributed by atoms with E-state index in [0.29, 0.717) is 6.42 Å². The molecule has 0 radical (unpaired) electrons. The highest BCUT2D eigenvalue weighted by molar-refractivity contribution is 5.84. The summed E-state index contributed by atoms with van der Waals surface area (Å²) in [5.41, 5.74) is 0.134. The number of carboxylic acids is 1. The number of carbonyl (C=O) groups is 1. The van der Waals surface area contributed by atoms with Crippen molar-refractivity contribution in [1.29, 1.82) is 0 Å². The average molecular weight is 262 g/mol. The van der Waals surface area contributed by atoms with Gasteiger partial charge >= 0.3 is 5.97 Å². The first kappa shape index (κ1) is 12.9. The third-order valence-corrected chi connectivity index (χ3v) is 2.59. The first-order valence-electron chi connectivity index (χ1n) is 5.62. The molecule has 0 spiro atoms. The molecular formula is C13H11FN2O3. The van der Waals surface area contributed by atoms with Crippen molar-refractivity contribution >= 4 is 5.97 Å². The van der Waals surface area contributed by atoms with Gasteiger partial charge in [0.2, 0.25) is 0 Å². The van der Waals surface area contributed by atoms with Crippen LogP contribution >= 0.6 is 0 Å². The van der Waals surface area contributed by atoms with E-state index in [2.05, 4.69) is 5.10 Å². The van der Waals surface area contributed by atoms with Crippen LogP contribution in [-0.4, -0.2) is 20.9 Å². The number of benzene rings is 1. The van der Waals surface area contributed by atoms with Gasteiger partial charge in [0.1, 0.15) is 5.82 Å². The molecule has 1 aromatic heterocycles. The molecule has 1 N–H and O–H groups in total. The van der Waals surface area contributed by atoms with Crippen LogP contribution in [0.3, 0.4) is 0 Å². The molecule has 1 aromatic carbocycles. The second-order valence-electron chi connectivity index (χ2n) is 3.97. The lowest BCUT2D eigenvalue weighted by Gasteiger charge is -2.05. The second kappa shape index (κ2) is 5.43. The zero-order valence-electron chi connectivity index (χ0n) is 9.91. The fraction of sp³-hybridized carbons (Fsp3) is 0.154. The van der Waals surface area contributed by atoms with Crippen molar-refractivity contribution in [2.75, 3.05) is 0 Å². The predicted octanol–water partition coefficient (Wildman–Crippen LogP) is 1.32. The van der Waals surface area contributed by atoms with Gasteiger partial charge in [-0.05, 0) is 30.2 Å². The van der Waals surface area contributed by atoms with Gasteiger partial charge in [0, 0.05) is 12.6 Å². The Morgan fingerprint density at radius 3 is 2.79 bits per heavy atom. The number of aromatic nitrogens is 2. The molecule has 0 aliphatic rings. The number of hydrogen-bond donors (Lipinski definition) is 1. The van der Waals surface area contributed by atoms with Crippen LogP contribution in [0.2, 0.25) is 0 Å². The van der Waals surface area contributed by atoms with Crippen LogP contribution in [0.25, 0.3) is 0 Å². The minimum atomic E-state index is -1.19. The van der Waals surface area contributed by atoms with E-state index in [-0.39, 0.29) is 23.6 Å². The van der Waals surface area contributed by atoms with Crippen LogP contribution in [-0.2, 0) is 13.0 Å². The summed E-state index contributed by atoms with van der Waals surface area (Å²) in [4.78, 5) is 22.3. The molecule has 0 saturated carbocycles. The van der Waals surface area contributed by atoms with E-state index in [4.69, 9.17) is 5.11 Å². The Kier molecular flexibility index (Phi) is 3.70. The number of hydrogen-bond acceptors (Lipinski definition) is 3. The number of nitrogens with zero attached hydrogens (tertiary/aromatic N) is 2. The molecule has 0 fully saturated rings. The Morgan fingerprint density at radius 1 is 1.32 bits per heavy atom. The molecule has 0 amide bonds. The third kappa shape index (κ3) is 3.25. The monoisotopic (exact) mass is 262 g/mol. The van der Waals surface area contributed by atoms with Crippen LogP contribution < -0.4 is 5.56 Å². The lowest BCUT2D eigenvalue weighted by Crippen LogP contribution is -2.25. The van der Waals surface area contributed by atoms with E-state index in [0.717, 1.165) is 22.4 Å². The summed E-state index contributed by atoms with van der Waals surface area (Å²) >= 11 is 0. The summed E-state index contributed by atoms with van der Waals surface area (Å²) in [6, 6.07) is 8.32. The van der Waals surface area contributed by atoms with Gasteiger partial charge in [-0.1, -0.05) is 12.1 Å². The van der Waals surface area contributed by atoms with Gasteiger partial charge in [0.15, 0.2) is 5.69 Å². The van der Waals surface area contributed by atoms with Gasteiger partial charge in [-0.15, -0.1) is 0 Å². The third-order valence-electron chi connectivity index (χ3n) is 2.59. The van der Waals surface area contributed by atoms with Crippen molar-refractivity contribution in [3.05, 3.63) is 63.8 Å². The van der Waals surface area contributed by atoms with Crippen molar-refractivity contribution in [2.24, 2.45) is 0 Å². The summed E-state index contributed by atoms with van der Waals surface area (Å²) in [6.45, 7) is 0.198. The predicted molar refractivity (Wildman–Crippen MR) is 65.6 cm³/mol. The van der Waals surface area contributed by atoms with E-state index in [1.807, 2.05) is 0 Å². The standard InChI is InChI=1S/C13H11FN2O3/c14-10-3-1-2-9(8-10)6-7-16-12(17)5-4-11(15-16)13(18)19/h1-5,8H,6-7H2,(H,18,19). The van der Waals surface area contributed by atoms with Gasteiger partial charge in [0.25, 0.3) is 5.56 Å². The maximum absolute atomic E-state index is 13.0. The molecule has 0 unspecified atom stereocenters. The lowest BCUT2D eigenvalue weighted by atomic mass is 10.1. The molecule has 0 aliphatic carbocycles. The van der Waals surface area contributed by atoms with Crippen molar-refractivity contribution in [2.45, 2.75) is 13.0 Å².